The topological polar surface area (TPSA) is 78.9 Å². The quantitative estimate of drug-likeness (QED) is 0.506. The highest BCUT2D eigenvalue weighted by atomic mass is 16.5. The van der Waals surface area contributed by atoms with Gasteiger partial charge in [0.15, 0.2) is 5.82 Å². The smallest absolute Gasteiger partial charge is 0.247 e. The molecule has 4 heterocycles. The van der Waals surface area contributed by atoms with Crippen LogP contribution in [0.15, 0.2) is 71.5 Å². The van der Waals surface area contributed by atoms with Crippen LogP contribution in [0.1, 0.15) is 23.1 Å². The van der Waals surface area contributed by atoms with Crippen LogP contribution < -0.4 is 5.32 Å². The molecular formula is C24H26N6O2. The van der Waals surface area contributed by atoms with Gasteiger partial charge in [0, 0.05) is 51.2 Å². The number of rotatable bonds is 6. The standard InChI is InChI=1S/C24H26N6O2/c1-18-15-21(27-32-18)26-24(31)23(19-7-3-2-4-8-19)29-13-11-28(12-14-29)16-20-17-30-10-6-5-9-22(30)25-20/h2-10,15,17,23H,11-14,16H2,1H3,(H,26,27,31)/t23-/m1/s1. The molecule has 1 N–H and O–H groups in total. The van der Waals surface area contributed by atoms with Gasteiger partial charge in [0.05, 0.1) is 5.69 Å². The van der Waals surface area contributed by atoms with Gasteiger partial charge in [0.2, 0.25) is 5.91 Å². The van der Waals surface area contributed by atoms with Gasteiger partial charge in [0.1, 0.15) is 17.4 Å². The minimum Gasteiger partial charge on any atom is -0.360 e. The fourth-order valence-electron chi connectivity index (χ4n) is 4.26. The highest BCUT2D eigenvalue weighted by Crippen LogP contribution is 2.25. The Morgan fingerprint density at radius 2 is 1.88 bits per heavy atom. The highest BCUT2D eigenvalue weighted by molar-refractivity contribution is 5.94. The van der Waals surface area contributed by atoms with E-state index in [-0.39, 0.29) is 11.9 Å². The number of nitrogens with one attached hydrogen (secondary N) is 1. The maximum absolute atomic E-state index is 13.2. The van der Waals surface area contributed by atoms with Crippen LogP contribution in [-0.2, 0) is 11.3 Å². The highest BCUT2D eigenvalue weighted by Gasteiger charge is 2.31. The van der Waals surface area contributed by atoms with Gasteiger partial charge < -0.3 is 14.2 Å². The third kappa shape index (κ3) is 4.42. The number of fused-ring (bicyclic) bond motifs is 1. The molecule has 1 aliphatic rings. The van der Waals surface area contributed by atoms with E-state index in [2.05, 4.69) is 26.5 Å². The van der Waals surface area contributed by atoms with E-state index in [1.165, 1.54) is 0 Å². The van der Waals surface area contributed by atoms with Gasteiger partial charge in [-0.3, -0.25) is 14.6 Å². The number of benzene rings is 1. The van der Waals surface area contributed by atoms with Crippen molar-refractivity contribution in [2.75, 3.05) is 31.5 Å². The predicted molar refractivity (Wildman–Crippen MR) is 121 cm³/mol. The molecule has 0 aliphatic carbocycles. The normalized spacial score (nSPS) is 16.3. The lowest BCUT2D eigenvalue weighted by molar-refractivity contribution is -0.122. The van der Waals surface area contributed by atoms with Crippen molar-refractivity contribution in [2.24, 2.45) is 0 Å². The molecule has 5 rings (SSSR count). The summed E-state index contributed by atoms with van der Waals surface area (Å²) in [5.74, 6) is 1.01. The molecule has 3 aromatic heterocycles. The summed E-state index contributed by atoms with van der Waals surface area (Å²) in [5.41, 5.74) is 2.99. The van der Waals surface area contributed by atoms with Gasteiger partial charge in [0.25, 0.3) is 0 Å². The first-order chi connectivity index (χ1) is 15.7. The molecule has 0 spiro atoms. The molecule has 1 fully saturated rings. The molecule has 1 amide bonds. The third-order valence-corrected chi connectivity index (χ3v) is 5.81. The Morgan fingerprint density at radius 1 is 1.09 bits per heavy atom. The largest absolute Gasteiger partial charge is 0.360 e. The number of pyridine rings is 1. The summed E-state index contributed by atoms with van der Waals surface area (Å²) >= 11 is 0. The fourth-order valence-corrected chi connectivity index (χ4v) is 4.26. The first-order valence-electron chi connectivity index (χ1n) is 10.8. The van der Waals surface area contributed by atoms with E-state index in [4.69, 9.17) is 9.51 Å². The summed E-state index contributed by atoms with van der Waals surface area (Å²) in [6, 6.07) is 17.3. The first-order valence-corrected chi connectivity index (χ1v) is 10.8. The molecule has 1 aliphatic heterocycles. The summed E-state index contributed by atoms with van der Waals surface area (Å²) in [6.45, 7) is 5.92. The first kappa shape index (κ1) is 20.4. The average Bonchev–Trinajstić information content (AvgIpc) is 3.41. The van der Waals surface area contributed by atoms with E-state index in [9.17, 15) is 4.79 Å². The maximum atomic E-state index is 13.2. The van der Waals surface area contributed by atoms with Crippen molar-refractivity contribution in [3.05, 3.63) is 84.0 Å². The summed E-state index contributed by atoms with van der Waals surface area (Å²) in [4.78, 5) is 22.6. The van der Waals surface area contributed by atoms with E-state index in [0.717, 1.165) is 49.6 Å². The van der Waals surface area contributed by atoms with Crippen molar-refractivity contribution in [2.45, 2.75) is 19.5 Å². The van der Waals surface area contributed by atoms with Crippen LogP contribution in [0.25, 0.3) is 5.65 Å². The molecular weight excluding hydrogens is 404 g/mol. The molecule has 0 unspecified atom stereocenters. The van der Waals surface area contributed by atoms with Crippen LogP contribution >= 0.6 is 0 Å². The van der Waals surface area contributed by atoms with Gasteiger partial charge >= 0.3 is 0 Å². The summed E-state index contributed by atoms with van der Waals surface area (Å²) in [7, 11) is 0. The summed E-state index contributed by atoms with van der Waals surface area (Å²) in [6.07, 6.45) is 4.10. The Morgan fingerprint density at radius 3 is 2.59 bits per heavy atom. The maximum Gasteiger partial charge on any atom is 0.247 e. The number of piperazine rings is 1. The van der Waals surface area contributed by atoms with E-state index in [1.54, 1.807) is 13.0 Å². The van der Waals surface area contributed by atoms with Crippen molar-refractivity contribution < 1.29 is 9.32 Å². The monoisotopic (exact) mass is 430 g/mol. The number of nitrogens with zero attached hydrogens (tertiary/aromatic N) is 5. The lowest BCUT2D eigenvalue weighted by Gasteiger charge is -2.38. The molecule has 32 heavy (non-hydrogen) atoms. The molecule has 8 heteroatoms. The molecule has 1 aromatic carbocycles. The number of aryl methyl sites for hydroxylation is 1. The van der Waals surface area contributed by atoms with Crippen molar-refractivity contribution in [1.29, 1.82) is 0 Å². The second-order valence-corrected chi connectivity index (χ2v) is 8.14. The molecule has 4 aromatic rings. The second-order valence-electron chi connectivity index (χ2n) is 8.14. The second kappa shape index (κ2) is 8.94. The van der Waals surface area contributed by atoms with E-state index in [1.807, 2.05) is 59.1 Å². The van der Waals surface area contributed by atoms with Crippen molar-refractivity contribution >= 4 is 17.4 Å². The van der Waals surface area contributed by atoms with Crippen LogP contribution in [0.3, 0.4) is 0 Å². The molecule has 0 saturated carbocycles. The molecule has 1 atom stereocenters. The number of amides is 1. The van der Waals surface area contributed by atoms with E-state index < -0.39 is 0 Å². The van der Waals surface area contributed by atoms with Crippen LogP contribution in [0.2, 0.25) is 0 Å². The average molecular weight is 431 g/mol. The number of aromatic nitrogens is 3. The lowest BCUT2D eigenvalue weighted by atomic mass is 10.0. The zero-order valence-corrected chi connectivity index (χ0v) is 18.0. The number of hydrogen-bond donors (Lipinski definition) is 1. The van der Waals surface area contributed by atoms with Crippen molar-refractivity contribution in [3.8, 4) is 0 Å². The number of imidazole rings is 1. The summed E-state index contributed by atoms with van der Waals surface area (Å²) in [5, 5.41) is 6.82. The molecule has 8 nitrogen and oxygen atoms in total. The zero-order chi connectivity index (χ0) is 21.9. The Bertz CT molecular complexity index is 1160. The summed E-state index contributed by atoms with van der Waals surface area (Å²) < 4.78 is 7.14. The molecule has 1 saturated heterocycles. The predicted octanol–water partition coefficient (Wildman–Crippen LogP) is 3.13. The van der Waals surface area contributed by atoms with Crippen LogP contribution in [-0.4, -0.2) is 56.4 Å². The van der Waals surface area contributed by atoms with Gasteiger partial charge in [-0.2, -0.15) is 0 Å². The minimum atomic E-state index is -0.384. The van der Waals surface area contributed by atoms with Crippen molar-refractivity contribution in [3.63, 3.8) is 0 Å². The van der Waals surface area contributed by atoms with Gasteiger partial charge in [-0.1, -0.05) is 41.6 Å². The van der Waals surface area contributed by atoms with Gasteiger partial charge in [-0.15, -0.1) is 0 Å². The Labute approximate surface area is 186 Å². The number of carbonyl (C=O) groups excluding carboxylic acids is 1. The Hall–Kier alpha value is -3.49. The molecule has 0 radical (unpaired) electrons. The number of carbonyl (C=O) groups is 1. The SMILES string of the molecule is Cc1cc(NC(=O)[C@@H](c2ccccc2)N2CCN(Cc3cn4ccccc4n3)CC2)no1. The molecule has 164 valence electrons. The van der Waals surface area contributed by atoms with Crippen LogP contribution in [0.4, 0.5) is 5.82 Å². The number of anilines is 1. The fraction of sp³-hybridized carbons (Fsp3) is 0.292. The van der Waals surface area contributed by atoms with E-state index in [0.29, 0.717) is 11.6 Å². The van der Waals surface area contributed by atoms with Gasteiger partial charge in [-0.25, -0.2) is 4.98 Å². The zero-order valence-electron chi connectivity index (χ0n) is 18.0. The molecule has 0 bridgehead atoms. The Balaban J connectivity index is 1.27. The number of hydrogen-bond acceptors (Lipinski definition) is 6. The van der Waals surface area contributed by atoms with Crippen LogP contribution in [0.5, 0.6) is 0 Å². The van der Waals surface area contributed by atoms with Gasteiger partial charge in [-0.05, 0) is 24.6 Å². The third-order valence-electron chi connectivity index (χ3n) is 5.81. The minimum absolute atomic E-state index is 0.0988. The van der Waals surface area contributed by atoms with Crippen LogP contribution in [0, 0.1) is 6.92 Å². The Kier molecular flexibility index (Phi) is 5.70. The van der Waals surface area contributed by atoms with E-state index >= 15 is 0 Å². The van der Waals surface area contributed by atoms with Crippen molar-refractivity contribution in [1.82, 2.24) is 24.3 Å². The lowest BCUT2D eigenvalue weighted by Crippen LogP contribution is -2.49.